The number of nitrogens with zero attached hydrogens (tertiary/aromatic N) is 2. The van der Waals surface area contributed by atoms with Crippen molar-refractivity contribution in [3.63, 3.8) is 0 Å². The highest BCUT2D eigenvalue weighted by Gasteiger charge is 2.23. The van der Waals surface area contributed by atoms with E-state index in [1.807, 2.05) is 24.3 Å². The number of hydrogen-bond acceptors (Lipinski definition) is 8. The van der Waals surface area contributed by atoms with E-state index in [1.54, 1.807) is 44.6 Å². The van der Waals surface area contributed by atoms with Crippen LogP contribution in [-0.2, 0) is 4.79 Å². The molecule has 4 rings (SSSR count). The van der Waals surface area contributed by atoms with E-state index in [-0.39, 0.29) is 28.0 Å². The summed E-state index contributed by atoms with van der Waals surface area (Å²) in [5.74, 6) is 1.07. The number of ether oxygens (including phenoxy) is 4. The van der Waals surface area contributed by atoms with Gasteiger partial charge in [0.2, 0.25) is 5.88 Å². The average Bonchev–Trinajstić information content (AvgIpc) is 3.33. The number of methoxy groups -OCH3 is 3. The van der Waals surface area contributed by atoms with Gasteiger partial charge < -0.3 is 28.5 Å². The molecule has 1 heterocycles. The topological polar surface area (TPSA) is 124 Å². The van der Waals surface area contributed by atoms with Crippen LogP contribution in [0.15, 0.2) is 70.1 Å². The summed E-state index contributed by atoms with van der Waals surface area (Å²) in [5.41, 5.74) is 2.79. The molecule has 0 atom stereocenters. The number of carboxylic acids is 1. The summed E-state index contributed by atoms with van der Waals surface area (Å²) >= 11 is 6.32. The number of carbonyl (C=O) groups is 1. The Morgan fingerprint density at radius 2 is 1.62 bits per heavy atom. The zero-order valence-electron chi connectivity index (χ0n) is 21.2. The normalized spacial score (nSPS) is 10.7. The molecule has 0 radical (unpaired) electrons. The first kappa shape index (κ1) is 27.1. The maximum Gasteiger partial charge on any atom is 0.341 e. The first-order valence-corrected chi connectivity index (χ1v) is 11.9. The van der Waals surface area contributed by atoms with Crippen molar-refractivity contribution in [1.82, 2.24) is 0 Å². The van der Waals surface area contributed by atoms with E-state index in [0.29, 0.717) is 28.4 Å². The van der Waals surface area contributed by atoms with E-state index in [2.05, 4.69) is 11.1 Å². The molecule has 3 aromatic carbocycles. The monoisotopic (exact) mass is 546 g/mol. The number of aliphatic carboxylic acids is 1. The lowest BCUT2D eigenvalue weighted by Crippen LogP contribution is -2.10. The van der Waals surface area contributed by atoms with Crippen molar-refractivity contribution in [1.29, 1.82) is 5.26 Å². The molecule has 4 aromatic rings. The Kier molecular flexibility index (Phi) is 8.39. The molecule has 1 N–H and O–H groups in total. The minimum absolute atomic E-state index is 0.0930. The molecule has 1 aromatic heterocycles. The minimum atomic E-state index is -1.15. The fourth-order valence-corrected chi connectivity index (χ4v) is 4.09. The standard InChI is InChI=1S/C29H23ClN2O7/c1-35-20-8-4-18(5-9-20)26-22(14-31)29(39-27(26)19-6-10-21(36-2)11-7-19)32-15-17-12-23(30)28(24(13-17)37-3)38-16-25(33)34/h4-13,15H,16H2,1-3H3,(H,33,34). The number of benzene rings is 3. The van der Waals surface area contributed by atoms with Crippen LogP contribution < -0.4 is 18.9 Å². The van der Waals surface area contributed by atoms with Gasteiger partial charge in [0.15, 0.2) is 18.1 Å². The first-order chi connectivity index (χ1) is 18.9. The number of furan rings is 1. The Morgan fingerprint density at radius 3 is 2.15 bits per heavy atom. The molecule has 9 nitrogen and oxygen atoms in total. The van der Waals surface area contributed by atoms with Crippen molar-refractivity contribution < 1.29 is 33.3 Å². The van der Waals surface area contributed by atoms with Gasteiger partial charge in [-0.2, -0.15) is 5.26 Å². The van der Waals surface area contributed by atoms with Crippen LogP contribution in [0.2, 0.25) is 5.02 Å². The Bertz CT molecular complexity index is 1550. The molecule has 0 aliphatic rings. The maximum absolute atomic E-state index is 10.9. The number of nitriles is 1. The van der Waals surface area contributed by atoms with E-state index in [9.17, 15) is 10.1 Å². The van der Waals surface area contributed by atoms with Gasteiger partial charge in [0.1, 0.15) is 28.9 Å². The summed E-state index contributed by atoms with van der Waals surface area (Å²) in [5, 5.41) is 19.2. The van der Waals surface area contributed by atoms with Crippen LogP contribution in [0.25, 0.3) is 22.5 Å². The molecule has 0 bridgehead atoms. The van der Waals surface area contributed by atoms with Crippen molar-refractivity contribution in [2.75, 3.05) is 27.9 Å². The van der Waals surface area contributed by atoms with Gasteiger partial charge >= 0.3 is 5.97 Å². The summed E-state index contributed by atoms with van der Waals surface area (Å²) in [6, 6.07) is 19.9. The third-order valence-electron chi connectivity index (χ3n) is 5.65. The molecular weight excluding hydrogens is 524 g/mol. The lowest BCUT2D eigenvalue weighted by Gasteiger charge is -2.11. The second kappa shape index (κ2) is 12.1. The van der Waals surface area contributed by atoms with Crippen LogP contribution in [0, 0.1) is 11.3 Å². The van der Waals surface area contributed by atoms with E-state index in [0.717, 1.165) is 11.1 Å². The quantitative estimate of drug-likeness (QED) is 0.227. The largest absolute Gasteiger partial charge is 0.497 e. The second-order valence-electron chi connectivity index (χ2n) is 8.03. The first-order valence-electron chi connectivity index (χ1n) is 11.5. The van der Waals surface area contributed by atoms with Gasteiger partial charge in [-0.25, -0.2) is 9.79 Å². The van der Waals surface area contributed by atoms with E-state index < -0.39 is 12.6 Å². The highest BCUT2D eigenvalue weighted by Crippen LogP contribution is 2.43. The van der Waals surface area contributed by atoms with Crippen molar-refractivity contribution in [2.45, 2.75) is 0 Å². The van der Waals surface area contributed by atoms with Crippen molar-refractivity contribution in [3.05, 3.63) is 76.8 Å². The number of hydrogen-bond donors (Lipinski definition) is 1. The third-order valence-corrected chi connectivity index (χ3v) is 5.94. The zero-order valence-corrected chi connectivity index (χ0v) is 22.0. The van der Waals surface area contributed by atoms with Gasteiger partial charge in [0.05, 0.1) is 26.4 Å². The summed E-state index contributed by atoms with van der Waals surface area (Å²) in [7, 11) is 4.56. The number of carboxylic acid groups (broad SMARTS) is 1. The lowest BCUT2D eigenvalue weighted by molar-refractivity contribution is -0.139. The Labute approximate surface area is 229 Å². The summed E-state index contributed by atoms with van der Waals surface area (Å²) in [4.78, 5) is 15.3. The number of halogens is 1. The molecule has 0 spiro atoms. The highest BCUT2D eigenvalue weighted by atomic mass is 35.5. The SMILES string of the molecule is COc1ccc(-c2oc(N=Cc3cc(Cl)c(OCC(=O)O)c(OC)c3)c(C#N)c2-c2ccc(OC)cc2)cc1. The van der Waals surface area contributed by atoms with Crippen molar-refractivity contribution in [3.8, 4) is 51.5 Å². The van der Waals surface area contributed by atoms with Gasteiger partial charge in [-0.1, -0.05) is 23.7 Å². The van der Waals surface area contributed by atoms with Gasteiger partial charge in [-0.05, 0) is 59.7 Å². The van der Waals surface area contributed by atoms with Crippen LogP contribution in [-0.4, -0.2) is 45.2 Å². The lowest BCUT2D eigenvalue weighted by atomic mass is 9.98. The zero-order chi connectivity index (χ0) is 27.9. The fourth-order valence-electron chi connectivity index (χ4n) is 3.81. The Balaban J connectivity index is 1.80. The smallest absolute Gasteiger partial charge is 0.341 e. The van der Waals surface area contributed by atoms with E-state index in [4.69, 9.17) is 40.1 Å². The number of rotatable bonds is 10. The minimum Gasteiger partial charge on any atom is -0.497 e. The summed E-state index contributed by atoms with van der Waals surface area (Å²) < 4.78 is 27.3. The molecule has 39 heavy (non-hydrogen) atoms. The van der Waals surface area contributed by atoms with Crippen LogP contribution in [0.1, 0.15) is 11.1 Å². The predicted octanol–water partition coefficient (Wildman–Crippen LogP) is 6.38. The summed E-state index contributed by atoms with van der Waals surface area (Å²) in [6.07, 6.45) is 1.46. The molecule has 0 saturated carbocycles. The van der Waals surface area contributed by atoms with Gasteiger partial charge in [0.25, 0.3) is 0 Å². The highest BCUT2D eigenvalue weighted by molar-refractivity contribution is 6.32. The fraction of sp³-hybridized carbons (Fsp3) is 0.138. The third kappa shape index (κ3) is 5.98. The molecule has 10 heteroatoms. The molecular formula is C29H23ClN2O7. The van der Waals surface area contributed by atoms with E-state index in [1.165, 1.54) is 19.4 Å². The number of aliphatic imine (C=N–C) groups is 1. The molecule has 0 aliphatic carbocycles. The van der Waals surface area contributed by atoms with Crippen molar-refractivity contribution >= 4 is 29.7 Å². The molecule has 198 valence electrons. The van der Waals surface area contributed by atoms with Crippen LogP contribution in [0.3, 0.4) is 0 Å². The molecule has 0 fully saturated rings. The second-order valence-corrected chi connectivity index (χ2v) is 8.44. The average molecular weight is 547 g/mol. The van der Waals surface area contributed by atoms with Crippen LogP contribution in [0.5, 0.6) is 23.0 Å². The Hall–Kier alpha value is -4.94. The van der Waals surface area contributed by atoms with Crippen molar-refractivity contribution in [2.24, 2.45) is 4.99 Å². The van der Waals surface area contributed by atoms with E-state index >= 15 is 0 Å². The molecule has 0 saturated heterocycles. The molecule has 0 aliphatic heterocycles. The Morgan fingerprint density at radius 1 is 1.00 bits per heavy atom. The molecule has 0 unspecified atom stereocenters. The van der Waals surface area contributed by atoms with Gasteiger partial charge in [0, 0.05) is 17.3 Å². The van der Waals surface area contributed by atoms with Gasteiger partial charge in [-0.3, -0.25) is 0 Å². The predicted molar refractivity (Wildman–Crippen MR) is 146 cm³/mol. The van der Waals surface area contributed by atoms with Crippen LogP contribution in [0.4, 0.5) is 5.88 Å². The summed E-state index contributed by atoms with van der Waals surface area (Å²) in [6.45, 7) is -0.580. The van der Waals surface area contributed by atoms with Gasteiger partial charge in [-0.15, -0.1) is 0 Å². The molecule has 0 amide bonds. The van der Waals surface area contributed by atoms with Crippen LogP contribution >= 0.6 is 11.6 Å². The maximum atomic E-state index is 10.9.